The normalized spacial score (nSPS) is 29.4. The first-order chi connectivity index (χ1) is 11.6. The summed E-state index contributed by atoms with van der Waals surface area (Å²) >= 11 is 3.51. The van der Waals surface area contributed by atoms with Gasteiger partial charge in [0, 0.05) is 34.9 Å². The summed E-state index contributed by atoms with van der Waals surface area (Å²) in [6, 6.07) is 9.98. The van der Waals surface area contributed by atoms with Crippen molar-refractivity contribution < 1.29 is 4.79 Å². The lowest BCUT2D eigenvalue weighted by molar-refractivity contribution is -0.122. The Kier molecular flexibility index (Phi) is 6.12. The zero-order chi connectivity index (χ0) is 16.6. The molecule has 3 aliphatic rings. The van der Waals surface area contributed by atoms with Crippen molar-refractivity contribution in [2.75, 3.05) is 6.54 Å². The molecule has 1 saturated carbocycles. The van der Waals surface area contributed by atoms with Crippen molar-refractivity contribution in [3.63, 3.8) is 0 Å². The zero-order valence-electron chi connectivity index (χ0n) is 14.6. The highest BCUT2D eigenvalue weighted by molar-refractivity contribution is 9.10. The van der Waals surface area contributed by atoms with Crippen LogP contribution < -0.4 is 10.6 Å². The maximum absolute atomic E-state index is 12.5. The Labute approximate surface area is 165 Å². The maximum atomic E-state index is 12.5. The van der Waals surface area contributed by atoms with Gasteiger partial charge < -0.3 is 10.6 Å². The first-order valence-electron chi connectivity index (χ1n) is 9.42. The molecular formula is C20H28BrClN2O. The number of hydrogen-bond donors (Lipinski definition) is 2. The van der Waals surface area contributed by atoms with E-state index in [-0.39, 0.29) is 23.7 Å². The van der Waals surface area contributed by atoms with Gasteiger partial charge >= 0.3 is 0 Å². The third-order valence-electron chi connectivity index (χ3n) is 6.44. The highest BCUT2D eigenvalue weighted by atomic mass is 79.9. The van der Waals surface area contributed by atoms with Gasteiger partial charge in [0.2, 0.25) is 5.91 Å². The molecule has 2 bridgehead atoms. The Hall–Kier alpha value is -0.580. The molecule has 0 radical (unpaired) electrons. The fourth-order valence-electron chi connectivity index (χ4n) is 4.92. The molecule has 25 heavy (non-hydrogen) atoms. The molecule has 0 spiro atoms. The first kappa shape index (κ1) is 19.2. The van der Waals surface area contributed by atoms with Gasteiger partial charge in [0.05, 0.1) is 0 Å². The second kappa shape index (κ2) is 7.98. The van der Waals surface area contributed by atoms with Crippen LogP contribution in [-0.2, 0) is 10.2 Å². The molecule has 1 aromatic rings. The molecule has 2 unspecified atom stereocenters. The summed E-state index contributed by atoms with van der Waals surface area (Å²) in [5, 5.41) is 6.92. The van der Waals surface area contributed by atoms with Gasteiger partial charge in [-0.05, 0) is 62.1 Å². The molecule has 3 nitrogen and oxygen atoms in total. The number of hydrogen-bond acceptors (Lipinski definition) is 2. The summed E-state index contributed by atoms with van der Waals surface area (Å²) in [5.74, 6) is 0.832. The van der Waals surface area contributed by atoms with Gasteiger partial charge in [-0.3, -0.25) is 4.79 Å². The Balaban J connectivity index is 0.00000182. The van der Waals surface area contributed by atoms with E-state index in [2.05, 4.69) is 50.8 Å². The van der Waals surface area contributed by atoms with Crippen molar-refractivity contribution in [3.8, 4) is 0 Å². The lowest BCUT2D eigenvalue weighted by Gasteiger charge is -2.42. The Bertz CT molecular complexity index is 590. The third kappa shape index (κ3) is 4.23. The number of fused-ring (bicyclic) bond motifs is 2. The smallest absolute Gasteiger partial charge is 0.220 e. The largest absolute Gasteiger partial charge is 0.355 e. The summed E-state index contributed by atoms with van der Waals surface area (Å²) in [7, 11) is 0. The summed E-state index contributed by atoms with van der Waals surface area (Å²) < 4.78 is 1.12. The average molecular weight is 428 g/mol. The summed E-state index contributed by atoms with van der Waals surface area (Å²) in [4.78, 5) is 12.5. The van der Waals surface area contributed by atoms with Crippen LogP contribution in [0.25, 0.3) is 0 Å². The number of nitrogens with one attached hydrogen (secondary N) is 2. The van der Waals surface area contributed by atoms with Gasteiger partial charge in [-0.1, -0.05) is 34.5 Å². The van der Waals surface area contributed by atoms with Crippen molar-refractivity contribution in [1.29, 1.82) is 0 Å². The molecule has 138 valence electrons. The van der Waals surface area contributed by atoms with Crippen LogP contribution in [0.2, 0.25) is 0 Å². The number of amides is 1. The van der Waals surface area contributed by atoms with Gasteiger partial charge in [-0.25, -0.2) is 0 Å². The average Bonchev–Trinajstić information content (AvgIpc) is 2.86. The molecule has 0 aromatic heterocycles. The van der Waals surface area contributed by atoms with E-state index in [0.29, 0.717) is 24.4 Å². The van der Waals surface area contributed by atoms with Crippen molar-refractivity contribution in [2.24, 2.45) is 5.92 Å². The SMILES string of the molecule is Cl.O=C(CC1CC2CCC(C1)N2)NCC1(c2ccc(Br)cc2)CCC1. The van der Waals surface area contributed by atoms with Gasteiger partial charge in [-0.2, -0.15) is 0 Å². The van der Waals surface area contributed by atoms with Crippen molar-refractivity contribution in [3.05, 3.63) is 34.3 Å². The summed E-state index contributed by atoms with van der Waals surface area (Å²) in [6.45, 7) is 0.797. The number of rotatable bonds is 5. The quantitative estimate of drug-likeness (QED) is 0.734. The van der Waals surface area contributed by atoms with E-state index in [4.69, 9.17) is 0 Å². The number of benzene rings is 1. The molecule has 4 rings (SSSR count). The van der Waals surface area contributed by atoms with E-state index < -0.39 is 0 Å². The molecule has 2 heterocycles. The third-order valence-corrected chi connectivity index (χ3v) is 6.96. The molecule has 2 aliphatic heterocycles. The van der Waals surface area contributed by atoms with Crippen LogP contribution in [0.15, 0.2) is 28.7 Å². The Morgan fingerprint density at radius 3 is 2.36 bits per heavy atom. The van der Waals surface area contributed by atoms with Crippen LogP contribution in [0.1, 0.15) is 56.9 Å². The van der Waals surface area contributed by atoms with E-state index >= 15 is 0 Å². The van der Waals surface area contributed by atoms with Gasteiger partial charge in [0.1, 0.15) is 0 Å². The summed E-state index contributed by atoms with van der Waals surface area (Å²) in [6.07, 6.45) is 9.32. The molecule has 1 amide bonds. The van der Waals surface area contributed by atoms with Crippen LogP contribution >= 0.6 is 28.3 Å². The molecule has 5 heteroatoms. The first-order valence-corrected chi connectivity index (χ1v) is 10.2. The van der Waals surface area contributed by atoms with Crippen molar-refractivity contribution in [2.45, 2.75) is 68.9 Å². The van der Waals surface area contributed by atoms with Crippen molar-refractivity contribution >= 4 is 34.2 Å². The lowest BCUT2D eigenvalue weighted by Crippen LogP contribution is -2.46. The van der Waals surface area contributed by atoms with Gasteiger partial charge in [0.25, 0.3) is 0 Å². The lowest BCUT2D eigenvalue weighted by atomic mass is 9.64. The maximum Gasteiger partial charge on any atom is 0.220 e. The molecular weight excluding hydrogens is 400 g/mol. The fraction of sp³-hybridized carbons (Fsp3) is 0.650. The molecule has 1 aliphatic carbocycles. The number of halogens is 2. The number of carbonyl (C=O) groups excluding carboxylic acids is 1. The highest BCUT2D eigenvalue weighted by Gasteiger charge is 2.39. The minimum absolute atomic E-state index is 0. The second-order valence-corrected chi connectivity index (χ2v) is 9.01. The predicted molar refractivity (Wildman–Crippen MR) is 107 cm³/mol. The highest BCUT2D eigenvalue weighted by Crippen LogP contribution is 2.43. The van der Waals surface area contributed by atoms with E-state index in [9.17, 15) is 4.79 Å². The Morgan fingerprint density at radius 2 is 1.80 bits per heavy atom. The van der Waals surface area contributed by atoms with Crippen LogP contribution in [0.3, 0.4) is 0 Å². The summed E-state index contributed by atoms with van der Waals surface area (Å²) in [5.41, 5.74) is 1.54. The van der Waals surface area contributed by atoms with Gasteiger partial charge in [0.15, 0.2) is 0 Å². The van der Waals surface area contributed by atoms with E-state index in [1.807, 2.05) is 0 Å². The van der Waals surface area contributed by atoms with E-state index in [1.165, 1.54) is 50.5 Å². The van der Waals surface area contributed by atoms with Crippen LogP contribution in [-0.4, -0.2) is 24.5 Å². The molecule has 3 fully saturated rings. The molecule has 2 saturated heterocycles. The number of piperidine rings is 1. The monoisotopic (exact) mass is 426 g/mol. The van der Waals surface area contributed by atoms with E-state index in [0.717, 1.165) is 11.0 Å². The van der Waals surface area contributed by atoms with Crippen molar-refractivity contribution in [1.82, 2.24) is 10.6 Å². The van der Waals surface area contributed by atoms with E-state index in [1.54, 1.807) is 0 Å². The minimum Gasteiger partial charge on any atom is -0.355 e. The standard InChI is InChI=1S/C20H27BrN2O.ClH/c21-16-4-2-15(3-5-16)20(8-1-9-20)13-22-19(24)12-14-10-17-6-7-18(11-14)23-17;/h2-5,14,17-18,23H,1,6-13H2,(H,22,24);1H. The van der Waals surface area contributed by atoms with Gasteiger partial charge in [-0.15, -0.1) is 12.4 Å². The number of carbonyl (C=O) groups is 1. The van der Waals surface area contributed by atoms with Crippen LogP contribution in [0, 0.1) is 5.92 Å². The van der Waals surface area contributed by atoms with Crippen LogP contribution in [0.4, 0.5) is 0 Å². The zero-order valence-corrected chi connectivity index (χ0v) is 17.0. The topological polar surface area (TPSA) is 41.1 Å². The minimum atomic E-state index is 0. The predicted octanol–water partition coefficient (Wildman–Crippen LogP) is 4.33. The second-order valence-electron chi connectivity index (χ2n) is 8.10. The fourth-order valence-corrected chi connectivity index (χ4v) is 5.18. The molecule has 1 aromatic carbocycles. The molecule has 2 N–H and O–H groups in total. The van der Waals surface area contributed by atoms with Crippen LogP contribution in [0.5, 0.6) is 0 Å². The molecule has 2 atom stereocenters. The Morgan fingerprint density at radius 1 is 1.16 bits per heavy atom.